The molecule has 0 radical (unpaired) electrons. The molecule has 1 nitrogen and oxygen atoms in total. The average molecular weight is 322 g/mol. The third kappa shape index (κ3) is 7.49. The number of benzene rings is 1. The highest BCUT2D eigenvalue weighted by atomic mass is 15.1. The van der Waals surface area contributed by atoms with Crippen molar-refractivity contribution >= 4 is 11.1 Å². The lowest BCUT2D eigenvalue weighted by Crippen LogP contribution is -2.17. The van der Waals surface area contributed by atoms with Crippen LogP contribution in [-0.4, -0.2) is 18.5 Å². The van der Waals surface area contributed by atoms with Gasteiger partial charge in [-0.1, -0.05) is 54.4 Å². The van der Waals surface area contributed by atoms with E-state index in [-0.39, 0.29) is 5.41 Å². The van der Waals surface area contributed by atoms with Crippen molar-refractivity contribution < 1.29 is 0 Å². The van der Waals surface area contributed by atoms with Crippen LogP contribution >= 0.6 is 0 Å². The predicted molar refractivity (Wildman–Crippen MR) is 109 cm³/mol. The Bertz CT molecular complexity index is 655. The molecule has 0 fully saturated rings. The first-order valence-electron chi connectivity index (χ1n) is 8.40. The van der Waals surface area contributed by atoms with Crippen molar-refractivity contribution in [3.63, 3.8) is 0 Å². The fourth-order valence-corrected chi connectivity index (χ4v) is 2.20. The molecule has 0 amide bonds. The van der Waals surface area contributed by atoms with Gasteiger partial charge in [-0.25, -0.2) is 0 Å². The Hall–Kier alpha value is -2.04. The zero-order valence-corrected chi connectivity index (χ0v) is 16.2. The SMILES string of the molecule is C=C(C)c1cc(CN(C)C/C=C/C#CC(C)(C)C)cc(C(=C)C)c1. The number of likely N-dealkylation sites (N-methyl/N-ethyl adjacent to an activating group) is 1. The first-order valence-corrected chi connectivity index (χ1v) is 8.40. The highest BCUT2D eigenvalue weighted by Crippen LogP contribution is 2.22. The van der Waals surface area contributed by atoms with Crippen LogP contribution in [0.3, 0.4) is 0 Å². The molecule has 1 heteroatoms. The molecule has 0 N–H and O–H groups in total. The molecule has 0 saturated carbocycles. The topological polar surface area (TPSA) is 3.24 Å². The summed E-state index contributed by atoms with van der Waals surface area (Å²) in [5.41, 5.74) is 5.87. The van der Waals surface area contributed by atoms with Crippen LogP contribution in [0, 0.1) is 17.3 Å². The van der Waals surface area contributed by atoms with Crippen LogP contribution in [0.1, 0.15) is 51.3 Å². The molecule has 0 aromatic heterocycles. The molecule has 0 unspecified atom stereocenters. The van der Waals surface area contributed by atoms with Gasteiger partial charge in [0.05, 0.1) is 0 Å². The van der Waals surface area contributed by atoms with Gasteiger partial charge in [0.15, 0.2) is 0 Å². The molecule has 0 aliphatic rings. The summed E-state index contributed by atoms with van der Waals surface area (Å²) < 4.78 is 0. The molecular weight excluding hydrogens is 290 g/mol. The standard InChI is InChI=1S/C23H31N/c1-18(2)21-14-20(15-22(16-21)19(3)4)17-24(8)13-11-9-10-12-23(5,6)7/h9,11,14-16H,1,3,13,17H2,2,4-8H3/b11-9+. The molecule has 0 aliphatic heterocycles. The van der Waals surface area contributed by atoms with Crippen LogP contribution in [-0.2, 0) is 6.54 Å². The van der Waals surface area contributed by atoms with E-state index >= 15 is 0 Å². The zero-order valence-electron chi connectivity index (χ0n) is 16.2. The van der Waals surface area contributed by atoms with E-state index in [4.69, 9.17) is 0 Å². The van der Waals surface area contributed by atoms with Gasteiger partial charge in [-0.3, -0.25) is 4.90 Å². The van der Waals surface area contributed by atoms with Gasteiger partial charge in [0.1, 0.15) is 0 Å². The van der Waals surface area contributed by atoms with Crippen molar-refractivity contribution in [3.05, 3.63) is 60.2 Å². The summed E-state index contributed by atoms with van der Waals surface area (Å²) in [5.74, 6) is 6.32. The van der Waals surface area contributed by atoms with Gasteiger partial charge in [0.25, 0.3) is 0 Å². The van der Waals surface area contributed by atoms with Gasteiger partial charge in [0, 0.05) is 18.5 Å². The number of nitrogens with zero attached hydrogens (tertiary/aromatic N) is 1. The van der Waals surface area contributed by atoms with Crippen molar-refractivity contribution in [1.29, 1.82) is 0 Å². The van der Waals surface area contributed by atoms with Gasteiger partial charge in [-0.05, 0) is 70.5 Å². The molecule has 1 aromatic carbocycles. The van der Waals surface area contributed by atoms with E-state index < -0.39 is 0 Å². The van der Waals surface area contributed by atoms with Crippen molar-refractivity contribution in [2.75, 3.05) is 13.6 Å². The highest BCUT2D eigenvalue weighted by Gasteiger charge is 2.05. The van der Waals surface area contributed by atoms with E-state index in [9.17, 15) is 0 Å². The van der Waals surface area contributed by atoms with E-state index in [2.05, 4.69) is 82.0 Å². The Labute approximate surface area is 148 Å². The van der Waals surface area contributed by atoms with Gasteiger partial charge in [0.2, 0.25) is 0 Å². The van der Waals surface area contributed by atoms with E-state index in [1.807, 2.05) is 19.9 Å². The second-order valence-corrected chi connectivity index (χ2v) is 7.60. The van der Waals surface area contributed by atoms with Crippen molar-refractivity contribution in [1.82, 2.24) is 4.90 Å². The normalized spacial score (nSPS) is 11.5. The minimum Gasteiger partial charge on any atom is -0.298 e. The lowest BCUT2D eigenvalue weighted by molar-refractivity contribution is 0.363. The summed E-state index contributed by atoms with van der Waals surface area (Å²) >= 11 is 0. The van der Waals surface area contributed by atoms with Gasteiger partial charge >= 0.3 is 0 Å². The molecule has 0 heterocycles. The third-order valence-corrected chi connectivity index (χ3v) is 3.50. The molecule has 0 saturated heterocycles. The minimum absolute atomic E-state index is 0.0537. The summed E-state index contributed by atoms with van der Waals surface area (Å²) in [6.45, 7) is 20.3. The maximum absolute atomic E-state index is 4.07. The summed E-state index contributed by atoms with van der Waals surface area (Å²) in [6, 6.07) is 6.60. The zero-order chi connectivity index (χ0) is 18.3. The van der Waals surface area contributed by atoms with Crippen molar-refractivity contribution in [2.24, 2.45) is 5.41 Å². The van der Waals surface area contributed by atoms with Gasteiger partial charge in [-0.15, -0.1) is 0 Å². The van der Waals surface area contributed by atoms with Crippen molar-refractivity contribution in [3.8, 4) is 11.8 Å². The van der Waals surface area contributed by atoms with E-state index in [0.717, 1.165) is 24.2 Å². The Morgan fingerprint density at radius 2 is 1.62 bits per heavy atom. The van der Waals surface area contributed by atoms with E-state index in [0.29, 0.717) is 0 Å². The van der Waals surface area contributed by atoms with Crippen LogP contribution in [0.2, 0.25) is 0 Å². The maximum Gasteiger partial charge on any atom is 0.0234 e. The first-order chi connectivity index (χ1) is 11.1. The first kappa shape index (κ1) is 20.0. The number of hydrogen-bond donors (Lipinski definition) is 0. The van der Waals surface area contributed by atoms with Crippen LogP contribution in [0.15, 0.2) is 43.5 Å². The van der Waals surface area contributed by atoms with Crippen LogP contribution in [0.5, 0.6) is 0 Å². The van der Waals surface area contributed by atoms with Gasteiger partial charge < -0.3 is 0 Å². The Morgan fingerprint density at radius 1 is 1.08 bits per heavy atom. The fourth-order valence-electron chi connectivity index (χ4n) is 2.20. The average Bonchev–Trinajstić information content (AvgIpc) is 2.45. The molecule has 0 bridgehead atoms. The van der Waals surface area contributed by atoms with Crippen LogP contribution < -0.4 is 0 Å². The number of allylic oxidation sites excluding steroid dienone is 3. The molecule has 1 rings (SSSR count). The Morgan fingerprint density at radius 3 is 2.08 bits per heavy atom. The molecular formula is C23H31N. The summed E-state index contributed by atoms with van der Waals surface area (Å²) in [6.07, 6.45) is 4.06. The van der Waals surface area contributed by atoms with E-state index in [1.54, 1.807) is 0 Å². The number of rotatable bonds is 6. The molecule has 0 spiro atoms. The van der Waals surface area contributed by atoms with E-state index in [1.165, 1.54) is 16.7 Å². The van der Waals surface area contributed by atoms with Crippen LogP contribution in [0.25, 0.3) is 11.1 Å². The predicted octanol–water partition coefficient (Wildman–Crippen LogP) is 5.79. The molecule has 0 atom stereocenters. The Balaban J connectivity index is 2.77. The Kier molecular flexibility index (Phi) is 7.26. The third-order valence-electron chi connectivity index (χ3n) is 3.50. The highest BCUT2D eigenvalue weighted by molar-refractivity contribution is 5.69. The maximum atomic E-state index is 4.07. The smallest absolute Gasteiger partial charge is 0.0234 e. The molecule has 0 aliphatic carbocycles. The van der Waals surface area contributed by atoms with Gasteiger partial charge in [-0.2, -0.15) is 0 Å². The second-order valence-electron chi connectivity index (χ2n) is 7.60. The summed E-state index contributed by atoms with van der Waals surface area (Å²) in [5, 5.41) is 0. The molecule has 128 valence electrons. The monoisotopic (exact) mass is 321 g/mol. The molecule has 24 heavy (non-hydrogen) atoms. The lowest BCUT2D eigenvalue weighted by atomic mass is 9.98. The number of hydrogen-bond acceptors (Lipinski definition) is 1. The largest absolute Gasteiger partial charge is 0.298 e. The minimum atomic E-state index is 0.0537. The quantitative estimate of drug-likeness (QED) is 0.599. The van der Waals surface area contributed by atoms with Crippen molar-refractivity contribution in [2.45, 2.75) is 41.2 Å². The summed E-state index contributed by atoms with van der Waals surface area (Å²) in [4.78, 5) is 2.27. The lowest BCUT2D eigenvalue weighted by Gasteiger charge is -2.16. The molecule has 1 aromatic rings. The summed E-state index contributed by atoms with van der Waals surface area (Å²) in [7, 11) is 2.12. The van der Waals surface area contributed by atoms with Crippen LogP contribution in [0.4, 0.5) is 0 Å². The fraction of sp³-hybridized carbons (Fsp3) is 0.391. The second kappa shape index (κ2) is 8.71.